The Morgan fingerprint density at radius 3 is 2.44 bits per heavy atom. The normalized spacial score (nSPS) is 19.1. The number of ketones is 1. The third-order valence-electron chi connectivity index (χ3n) is 5.22. The lowest BCUT2D eigenvalue weighted by Gasteiger charge is -2.24. The predicted molar refractivity (Wildman–Crippen MR) is 109 cm³/mol. The lowest BCUT2D eigenvalue weighted by molar-refractivity contribution is -0.139. The number of hydrogen-bond donors (Lipinski definition) is 1. The Labute approximate surface area is 164 Å². The fraction of sp³-hybridized carbons (Fsp3) is 0.364. The molecule has 0 radical (unpaired) electrons. The number of aliphatic hydroxyl groups is 1. The molecule has 3 rings (SSSR count). The molecule has 27 heavy (non-hydrogen) atoms. The number of unbranched alkanes of at least 4 members (excludes halogenated alkanes) is 1. The summed E-state index contributed by atoms with van der Waals surface area (Å²) in [6.07, 6.45) is 1.74. The van der Waals surface area contributed by atoms with E-state index in [9.17, 15) is 14.7 Å². The molecule has 142 valence electrons. The van der Waals surface area contributed by atoms with Crippen LogP contribution in [-0.2, 0) is 9.59 Å². The van der Waals surface area contributed by atoms with Crippen LogP contribution in [-0.4, -0.2) is 28.2 Å². The van der Waals surface area contributed by atoms with Gasteiger partial charge >= 0.3 is 0 Å². The number of nitrogens with zero attached hydrogens (tertiary/aromatic N) is 1. The van der Waals surface area contributed by atoms with Crippen LogP contribution in [0.25, 0.3) is 5.76 Å². The van der Waals surface area contributed by atoms with Crippen molar-refractivity contribution < 1.29 is 14.7 Å². The van der Waals surface area contributed by atoms with Gasteiger partial charge in [-0.05, 0) is 61.4 Å². The van der Waals surface area contributed by atoms with Gasteiger partial charge in [-0.25, -0.2) is 0 Å². The Bertz CT molecular complexity index is 925. The number of rotatable bonds is 5. The lowest BCUT2D eigenvalue weighted by atomic mass is 9.96. The molecule has 1 aliphatic heterocycles. The van der Waals surface area contributed by atoms with E-state index in [0.717, 1.165) is 34.4 Å². The van der Waals surface area contributed by atoms with Crippen LogP contribution in [0, 0.1) is 20.8 Å². The highest BCUT2D eigenvalue weighted by Gasteiger charge is 2.46. The van der Waals surface area contributed by atoms with Crippen LogP contribution in [0.3, 0.4) is 0 Å². The number of carbonyl (C=O) groups excluding carboxylic acids is 2. The fourth-order valence-electron chi connectivity index (χ4n) is 3.42. The largest absolute Gasteiger partial charge is 0.507 e. The van der Waals surface area contributed by atoms with Crippen LogP contribution < -0.4 is 0 Å². The van der Waals surface area contributed by atoms with E-state index < -0.39 is 17.7 Å². The van der Waals surface area contributed by atoms with Gasteiger partial charge in [-0.1, -0.05) is 25.5 Å². The molecule has 4 nitrogen and oxygen atoms in total. The first-order valence-corrected chi connectivity index (χ1v) is 10.1. The maximum absolute atomic E-state index is 12.9. The minimum absolute atomic E-state index is 0.0896. The van der Waals surface area contributed by atoms with E-state index in [1.165, 1.54) is 11.3 Å². The number of benzene rings is 1. The van der Waals surface area contributed by atoms with E-state index in [1.807, 2.05) is 44.4 Å². The van der Waals surface area contributed by atoms with Crippen molar-refractivity contribution in [2.45, 2.75) is 46.6 Å². The topological polar surface area (TPSA) is 57.6 Å². The first-order chi connectivity index (χ1) is 12.9. The summed E-state index contributed by atoms with van der Waals surface area (Å²) in [6.45, 7) is 8.50. The standard InChI is InChI=1S/C22H25NO3S/c1-5-6-10-23-18(21-14(3)9-11-27-21)17(20(25)22(23)26)19(24)16-8-7-13(2)15(4)12-16/h7-9,11-12,18,24H,5-6,10H2,1-4H3/b19-17-. The average Bonchev–Trinajstić information content (AvgIpc) is 3.16. The van der Waals surface area contributed by atoms with Gasteiger partial charge in [-0.3, -0.25) is 9.59 Å². The fourth-order valence-corrected chi connectivity index (χ4v) is 4.47. The van der Waals surface area contributed by atoms with E-state index in [4.69, 9.17) is 0 Å². The molecule has 1 N–H and O–H groups in total. The monoisotopic (exact) mass is 383 g/mol. The SMILES string of the molecule is CCCCN1C(=O)C(=O)/C(=C(\O)c2ccc(C)c(C)c2)C1c1sccc1C. The van der Waals surface area contributed by atoms with Crippen LogP contribution in [0.4, 0.5) is 0 Å². The van der Waals surface area contributed by atoms with Crippen LogP contribution in [0.2, 0.25) is 0 Å². The molecular weight excluding hydrogens is 358 g/mol. The quantitative estimate of drug-likeness (QED) is 0.454. The van der Waals surface area contributed by atoms with Crippen LogP contribution >= 0.6 is 11.3 Å². The zero-order valence-electron chi connectivity index (χ0n) is 16.2. The van der Waals surface area contributed by atoms with Crippen molar-refractivity contribution in [3.05, 3.63) is 62.3 Å². The highest BCUT2D eigenvalue weighted by Crippen LogP contribution is 2.42. The highest BCUT2D eigenvalue weighted by molar-refractivity contribution is 7.10. The smallest absolute Gasteiger partial charge is 0.295 e. The molecule has 1 atom stereocenters. The molecule has 1 saturated heterocycles. The highest BCUT2D eigenvalue weighted by atomic mass is 32.1. The minimum Gasteiger partial charge on any atom is -0.507 e. The number of thiophene rings is 1. The number of likely N-dealkylation sites (tertiary alicyclic amines) is 1. The van der Waals surface area contributed by atoms with Gasteiger partial charge in [0.05, 0.1) is 11.6 Å². The number of Topliss-reactive ketones (excluding diaryl/α,β-unsaturated/α-hetero) is 1. The van der Waals surface area contributed by atoms with Crippen molar-refractivity contribution in [3.63, 3.8) is 0 Å². The second-order valence-corrected chi connectivity index (χ2v) is 8.06. The first kappa shape index (κ1) is 19.4. The molecule has 1 amide bonds. The maximum Gasteiger partial charge on any atom is 0.295 e. The van der Waals surface area contributed by atoms with Crippen LogP contribution in [0.1, 0.15) is 52.9 Å². The van der Waals surface area contributed by atoms with Crippen molar-refractivity contribution >= 4 is 28.8 Å². The van der Waals surface area contributed by atoms with Crippen molar-refractivity contribution in [1.82, 2.24) is 4.90 Å². The molecule has 1 aromatic carbocycles. The second-order valence-electron chi connectivity index (χ2n) is 7.11. The molecule has 0 spiro atoms. The minimum atomic E-state index is -0.598. The number of carbonyl (C=O) groups is 2. The zero-order chi connectivity index (χ0) is 19.7. The van der Waals surface area contributed by atoms with Gasteiger partial charge < -0.3 is 10.0 Å². The third-order valence-corrected chi connectivity index (χ3v) is 6.29. The number of hydrogen-bond acceptors (Lipinski definition) is 4. The average molecular weight is 384 g/mol. The molecule has 2 aromatic rings. The van der Waals surface area contributed by atoms with Gasteiger partial charge in [0.15, 0.2) is 0 Å². The van der Waals surface area contributed by atoms with E-state index >= 15 is 0 Å². The molecule has 1 fully saturated rings. The summed E-state index contributed by atoms with van der Waals surface area (Å²) in [7, 11) is 0. The molecule has 0 aliphatic carbocycles. The van der Waals surface area contributed by atoms with Gasteiger partial charge in [0.2, 0.25) is 0 Å². The molecule has 5 heteroatoms. The maximum atomic E-state index is 12.9. The Hall–Kier alpha value is -2.40. The summed E-state index contributed by atoms with van der Waals surface area (Å²) in [4.78, 5) is 28.2. The summed E-state index contributed by atoms with van der Waals surface area (Å²) < 4.78 is 0. The first-order valence-electron chi connectivity index (χ1n) is 9.26. The number of aryl methyl sites for hydroxylation is 3. The lowest BCUT2D eigenvalue weighted by Crippen LogP contribution is -2.30. The van der Waals surface area contributed by atoms with E-state index in [1.54, 1.807) is 11.0 Å². The number of amides is 1. The Kier molecular flexibility index (Phi) is 5.51. The van der Waals surface area contributed by atoms with E-state index in [-0.39, 0.29) is 11.3 Å². The molecular formula is C22H25NO3S. The summed E-state index contributed by atoms with van der Waals surface area (Å²) in [5.74, 6) is -1.21. The van der Waals surface area contributed by atoms with Crippen LogP contribution in [0.5, 0.6) is 0 Å². The van der Waals surface area contributed by atoms with Gasteiger partial charge in [0.25, 0.3) is 11.7 Å². The Morgan fingerprint density at radius 1 is 1.11 bits per heavy atom. The summed E-state index contributed by atoms with van der Waals surface area (Å²) >= 11 is 1.52. The molecule has 2 heterocycles. The third kappa shape index (κ3) is 3.44. The molecule has 1 unspecified atom stereocenters. The van der Waals surface area contributed by atoms with Crippen molar-refractivity contribution in [2.75, 3.05) is 6.54 Å². The van der Waals surface area contributed by atoms with Gasteiger partial charge in [-0.15, -0.1) is 11.3 Å². The number of aliphatic hydroxyl groups excluding tert-OH is 1. The molecule has 0 saturated carbocycles. The molecule has 1 aromatic heterocycles. The predicted octanol–water partition coefficient (Wildman–Crippen LogP) is 4.90. The van der Waals surface area contributed by atoms with E-state index in [0.29, 0.717) is 12.1 Å². The van der Waals surface area contributed by atoms with E-state index in [2.05, 4.69) is 6.92 Å². The molecule has 1 aliphatic rings. The second kappa shape index (κ2) is 7.69. The van der Waals surface area contributed by atoms with Crippen molar-refractivity contribution in [1.29, 1.82) is 0 Å². The zero-order valence-corrected chi connectivity index (χ0v) is 17.0. The summed E-state index contributed by atoms with van der Waals surface area (Å²) in [6, 6.07) is 7.05. The molecule has 0 bridgehead atoms. The van der Waals surface area contributed by atoms with Crippen LogP contribution in [0.15, 0.2) is 35.2 Å². The Balaban J connectivity index is 2.18. The van der Waals surface area contributed by atoms with Gasteiger partial charge in [-0.2, -0.15) is 0 Å². The Morgan fingerprint density at radius 2 is 1.85 bits per heavy atom. The summed E-state index contributed by atoms with van der Waals surface area (Å²) in [5.41, 5.74) is 3.94. The van der Waals surface area contributed by atoms with Gasteiger partial charge in [0.1, 0.15) is 5.76 Å². The van der Waals surface area contributed by atoms with Gasteiger partial charge in [0, 0.05) is 17.0 Å². The summed E-state index contributed by atoms with van der Waals surface area (Å²) in [5, 5.41) is 13.0. The van der Waals surface area contributed by atoms with Crippen molar-refractivity contribution in [2.24, 2.45) is 0 Å². The van der Waals surface area contributed by atoms with Crippen molar-refractivity contribution in [3.8, 4) is 0 Å².